The van der Waals surface area contributed by atoms with Gasteiger partial charge in [-0.25, -0.2) is 8.42 Å². The van der Waals surface area contributed by atoms with Crippen LogP contribution in [0.3, 0.4) is 0 Å². The number of aryl methyl sites for hydroxylation is 2. The van der Waals surface area contributed by atoms with E-state index >= 15 is 0 Å². The second-order valence-corrected chi connectivity index (χ2v) is 14.1. The Labute approximate surface area is 253 Å². The fourth-order valence-corrected chi connectivity index (χ4v) is 5.70. The van der Waals surface area contributed by atoms with Crippen LogP contribution in [0.4, 0.5) is 5.69 Å². The van der Waals surface area contributed by atoms with Gasteiger partial charge in [-0.15, -0.1) is 0 Å². The molecule has 7 nitrogen and oxygen atoms in total. The lowest BCUT2D eigenvalue weighted by atomic mass is 10.0. The number of sulfonamides is 1. The summed E-state index contributed by atoms with van der Waals surface area (Å²) in [6.07, 6.45) is 1.28. The molecule has 0 aliphatic heterocycles. The Hall–Kier alpha value is -3.07. The van der Waals surface area contributed by atoms with Gasteiger partial charge in [0.15, 0.2) is 0 Å². The highest BCUT2D eigenvalue weighted by Gasteiger charge is 2.34. The average Bonchev–Trinajstić information content (AvgIpc) is 2.85. The van der Waals surface area contributed by atoms with Crippen molar-refractivity contribution < 1.29 is 18.0 Å². The third-order valence-corrected chi connectivity index (χ3v) is 8.16. The van der Waals surface area contributed by atoms with Gasteiger partial charge in [-0.2, -0.15) is 0 Å². The number of nitrogens with zero attached hydrogens (tertiary/aromatic N) is 2. The average molecular weight is 619 g/mol. The molecule has 0 bridgehead atoms. The highest BCUT2D eigenvalue weighted by atomic mass is 35.5. The first-order valence-electron chi connectivity index (χ1n) is 13.2. The Morgan fingerprint density at radius 2 is 1.49 bits per heavy atom. The summed E-state index contributed by atoms with van der Waals surface area (Å²) in [6.45, 7) is 8.83. The smallest absolute Gasteiger partial charge is 0.244 e. The molecule has 0 aliphatic carbocycles. The van der Waals surface area contributed by atoms with Crippen molar-refractivity contribution in [2.45, 2.75) is 59.2 Å². The van der Waals surface area contributed by atoms with Crippen molar-refractivity contribution in [2.24, 2.45) is 0 Å². The molecule has 220 valence electrons. The minimum atomic E-state index is -3.85. The lowest BCUT2D eigenvalue weighted by molar-refractivity contribution is -0.140. The zero-order chi connectivity index (χ0) is 30.5. The van der Waals surface area contributed by atoms with Crippen LogP contribution in [0.2, 0.25) is 10.0 Å². The lowest BCUT2D eigenvalue weighted by Crippen LogP contribution is -2.56. The van der Waals surface area contributed by atoms with Crippen LogP contribution in [0.5, 0.6) is 0 Å². The van der Waals surface area contributed by atoms with Crippen LogP contribution in [-0.2, 0) is 32.6 Å². The van der Waals surface area contributed by atoms with Crippen LogP contribution >= 0.6 is 23.2 Å². The van der Waals surface area contributed by atoms with Crippen molar-refractivity contribution in [1.29, 1.82) is 0 Å². The molecule has 10 heteroatoms. The Bertz CT molecular complexity index is 1490. The molecule has 0 aromatic heterocycles. The Kier molecular flexibility index (Phi) is 10.5. The molecule has 1 N–H and O–H groups in total. The molecule has 3 rings (SSSR count). The summed E-state index contributed by atoms with van der Waals surface area (Å²) >= 11 is 12.4. The molecule has 3 aromatic rings. The van der Waals surface area contributed by atoms with E-state index in [0.29, 0.717) is 21.3 Å². The van der Waals surface area contributed by atoms with Gasteiger partial charge >= 0.3 is 0 Å². The quantitative estimate of drug-likeness (QED) is 0.305. The second kappa shape index (κ2) is 13.3. The largest absolute Gasteiger partial charge is 0.350 e. The van der Waals surface area contributed by atoms with Crippen molar-refractivity contribution in [2.75, 3.05) is 17.1 Å². The van der Waals surface area contributed by atoms with E-state index in [-0.39, 0.29) is 18.9 Å². The van der Waals surface area contributed by atoms with Crippen molar-refractivity contribution in [3.05, 3.63) is 99.0 Å². The molecule has 0 saturated carbocycles. The number of carbonyl (C=O) groups is 2. The van der Waals surface area contributed by atoms with Gasteiger partial charge in [0.1, 0.15) is 12.6 Å². The van der Waals surface area contributed by atoms with E-state index in [1.165, 1.54) is 4.90 Å². The molecule has 41 heavy (non-hydrogen) atoms. The maximum atomic E-state index is 14.2. The summed E-state index contributed by atoms with van der Waals surface area (Å²) in [6, 6.07) is 18.8. The fraction of sp³-hybridized carbons (Fsp3) is 0.355. The summed E-state index contributed by atoms with van der Waals surface area (Å²) in [4.78, 5) is 29.4. The molecule has 0 unspecified atom stereocenters. The molecule has 3 aromatic carbocycles. The number of nitrogens with one attached hydrogen (secondary N) is 1. The number of carbonyl (C=O) groups excluding carboxylic acids is 2. The van der Waals surface area contributed by atoms with Gasteiger partial charge in [0, 0.05) is 18.5 Å². The monoisotopic (exact) mass is 617 g/mol. The molecular weight excluding hydrogens is 581 g/mol. The van der Waals surface area contributed by atoms with Gasteiger partial charge in [0.25, 0.3) is 0 Å². The minimum Gasteiger partial charge on any atom is -0.350 e. The van der Waals surface area contributed by atoms with Gasteiger partial charge in [-0.1, -0.05) is 65.7 Å². The number of benzene rings is 3. The summed E-state index contributed by atoms with van der Waals surface area (Å²) in [5, 5.41) is 3.67. The summed E-state index contributed by atoms with van der Waals surface area (Å²) in [7, 11) is -3.85. The van der Waals surface area contributed by atoms with Crippen molar-refractivity contribution in [3.8, 4) is 0 Å². The number of anilines is 1. The molecule has 0 radical (unpaired) electrons. The predicted octanol–water partition coefficient (Wildman–Crippen LogP) is 5.93. The maximum Gasteiger partial charge on any atom is 0.244 e. The Morgan fingerprint density at radius 3 is 2.02 bits per heavy atom. The predicted molar refractivity (Wildman–Crippen MR) is 167 cm³/mol. The van der Waals surface area contributed by atoms with E-state index in [9.17, 15) is 18.0 Å². The molecule has 0 fully saturated rings. The van der Waals surface area contributed by atoms with E-state index in [4.69, 9.17) is 23.2 Å². The van der Waals surface area contributed by atoms with E-state index in [1.807, 2.05) is 71.0 Å². The number of hydrogen-bond acceptors (Lipinski definition) is 4. The molecule has 0 heterocycles. The van der Waals surface area contributed by atoms with Crippen LogP contribution in [0.1, 0.15) is 43.0 Å². The molecule has 1 atom stereocenters. The van der Waals surface area contributed by atoms with Crippen LogP contribution in [0.15, 0.2) is 66.7 Å². The van der Waals surface area contributed by atoms with E-state index < -0.39 is 34.1 Å². The Morgan fingerprint density at radius 1 is 0.878 bits per heavy atom. The number of amides is 2. The zero-order valence-electron chi connectivity index (χ0n) is 24.2. The topological polar surface area (TPSA) is 86.8 Å². The first-order chi connectivity index (χ1) is 19.0. The van der Waals surface area contributed by atoms with Crippen LogP contribution in [0, 0.1) is 13.8 Å². The van der Waals surface area contributed by atoms with Crippen molar-refractivity contribution in [1.82, 2.24) is 10.2 Å². The molecule has 0 spiro atoms. The van der Waals surface area contributed by atoms with Crippen molar-refractivity contribution >= 4 is 50.7 Å². The van der Waals surface area contributed by atoms with Crippen LogP contribution < -0.4 is 9.62 Å². The molecular formula is C31H37Cl2N3O4S. The molecule has 0 saturated heterocycles. The second-order valence-electron chi connectivity index (χ2n) is 11.3. The Balaban J connectivity index is 2.11. The summed E-state index contributed by atoms with van der Waals surface area (Å²) in [5.74, 6) is -0.891. The third-order valence-electron chi connectivity index (χ3n) is 6.28. The standard InChI is InChI=1S/C31H37Cl2N3O4S/c1-21-14-22(2)16-25(15-21)36(41(6,39)40)20-29(37)35(19-24-12-13-26(32)27(33)17-24)28(30(38)34-31(3,4)5)18-23-10-8-7-9-11-23/h7-17,28H,18-20H2,1-6H3,(H,34,38)/t28-/m1/s1. The van der Waals surface area contributed by atoms with Gasteiger partial charge in [0.05, 0.1) is 22.0 Å². The normalized spacial score (nSPS) is 12.5. The van der Waals surface area contributed by atoms with E-state index in [2.05, 4.69) is 5.32 Å². The first kappa shape index (κ1) is 32.4. The van der Waals surface area contributed by atoms with E-state index in [0.717, 1.165) is 27.3 Å². The highest BCUT2D eigenvalue weighted by molar-refractivity contribution is 7.92. The SMILES string of the molecule is Cc1cc(C)cc(N(CC(=O)N(Cc2ccc(Cl)c(Cl)c2)[C@H](Cc2ccccc2)C(=O)NC(C)(C)C)S(C)(=O)=O)c1. The number of rotatable bonds is 10. The maximum absolute atomic E-state index is 14.2. The van der Waals surface area contributed by atoms with Gasteiger partial charge in [0.2, 0.25) is 21.8 Å². The summed E-state index contributed by atoms with van der Waals surface area (Å²) < 4.78 is 27.0. The number of hydrogen-bond donors (Lipinski definition) is 1. The molecule has 2 amide bonds. The minimum absolute atomic E-state index is 0.00916. The van der Waals surface area contributed by atoms with Crippen molar-refractivity contribution in [3.63, 3.8) is 0 Å². The number of halogens is 2. The van der Waals surface area contributed by atoms with Gasteiger partial charge in [-0.3, -0.25) is 13.9 Å². The first-order valence-corrected chi connectivity index (χ1v) is 15.8. The molecule has 0 aliphatic rings. The van der Waals surface area contributed by atoms with Gasteiger partial charge in [-0.05, 0) is 81.1 Å². The van der Waals surface area contributed by atoms with E-state index in [1.54, 1.807) is 30.3 Å². The summed E-state index contributed by atoms with van der Waals surface area (Å²) in [5.41, 5.74) is 3.03. The van der Waals surface area contributed by atoms with Crippen LogP contribution in [0.25, 0.3) is 0 Å². The van der Waals surface area contributed by atoms with Gasteiger partial charge < -0.3 is 10.2 Å². The fourth-order valence-electron chi connectivity index (χ4n) is 4.55. The zero-order valence-corrected chi connectivity index (χ0v) is 26.6. The highest BCUT2D eigenvalue weighted by Crippen LogP contribution is 2.26. The lowest BCUT2D eigenvalue weighted by Gasteiger charge is -2.35. The third kappa shape index (κ3) is 9.48. The van der Waals surface area contributed by atoms with Crippen LogP contribution in [-0.4, -0.2) is 49.5 Å².